The number of alkyl halides is 2. The molecular weight excluding hydrogens is 488 g/mol. The molecule has 0 saturated carbocycles. The molecule has 3 aliphatic heterocycles. The summed E-state index contributed by atoms with van der Waals surface area (Å²) in [5.74, 6) is -0.356. The normalized spacial score (nSPS) is 21.5. The van der Waals surface area contributed by atoms with Gasteiger partial charge in [0.15, 0.2) is 11.4 Å². The Hall–Kier alpha value is -3.79. The van der Waals surface area contributed by atoms with E-state index < -0.39 is 35.6 Å². The second-order valence-electron chi connectivity index (χ2n) is 8.70. The Morgan fingerprint density at radius 2 is 1.92 bits per heavy atom. The summed E-state index contributed by atoms with van der Waals surface area (Å²) in [7, 11) is 0. The van der Waals surface area contributed by atoms with E-state index >= 15 is 0 Å². The number of ether oxygens (including phenoxy) is 1. The second-order valence-corrected chi connectivity index (χ2v) is 9.72. The highest BCUT2D eigenvalue weighted by molar-refractivity contribution is 7.98. The predicted octanol–water partition coefficient (Wildman–Crippen LogP) is 3.88. The molecule has 4 heterocycles. The minimum Gasteiger partial charge on any atom is -0.502 e. The molecule has 0 spiro atoms. The van der Waals surface area contributed by atoms with E-state index in [1.54, 1.807) is 16.8 Å². The van der Waals surface area contributed by atoms with Gasteiger partial charge in [-0.25, -0.2) is 8.78 Å². The molecule has 184 valence electrons. The van der Waals surface area contributed by atoms with Crippen LogP contribution in [0.25, 0.3) is 0 Å². The van der Waals surface area contributed by atoms with Crippen LogP contribution in [0.3, 0.4) is 0 Å². The average Bonchev–Trinajstić information content (AvgIpc) is 3.05. The number of thioether (sulfide) groups is 1. The Bertz CT molecular complexity index is 1460. The lowest BCUT2D eigenvalue weighted by Gasteiger charge is -2.45. The summed E-state index contributed by atoms with van der Waals surface area (Å²) in [5.41, 5.74) is 1.64. The summed E-state index contributed by atoms with van der Waals surface area (Å²) in [6.07, 6.45) is 1.23. The van der Waals surface area contributed by atoms with Crippen molar-refractivity contribution in [3.63, 3.8) is 0 Å². The van der Waals surface area contributed by atoms with E-state index in [9.17, 15) is 23.5 Å². The van der Waals surface area contributed by atoms with Gasteiger partial charge in [0.25, 0.3) is 12.3 Å². The number of rotatable bonds is 1. The molecule has 6 rings (SSSR count). The monoisotopic (exact) mass is 509 g/mol. The van der Waals surface area contributed by atoms with Crippen molar-refractivity contribution in [2.24, 2.45) is 0 Å². The number of pyridine rings is 1. The maximum atomic E-state index is 14.3. The summed E-state index contributed by atoms with van der Waals surface area (Å²) in [5, 5.41) is 12.4. The zero-order valence-corrected chi connectivity index (χ0v) is 19.7. The number of fused-ring (bicyclic) bond motifs is 7. The summed E-state index contributed by atoms with van der Waals surface area (Å²) in [4.78, 5) is 27.8. The van der Waals surface area contributed by atoms with Crippen LogP contribution in [0.5, 0.6) is 11.5 Å². The number of benzene rings is 2. The first-order valence-electron chi connectivity index (χ1n) is 11.4. The van der Waals surface area contributed by atoms with Crippen molar-refractivity contribution < 1.29 is 23.4 Å². The van der Waals surface area contributed by atoms with Crippen molar-refractivity contribution in [2.45, 2.75) is 29.2 Å². The van der Waals surface area contributed by atoms with Crippen LogP contribution in [-0.2, 0) is 5.75 Å². The van der Waals surface area contributed by atoms with E-state index in [4.69, 9.17) is 4.74 Å². The van der Waals surface area contributed by atoms with Crippen molar-refractivity contribution in [3.05, 3.63) is 99.5 Å². The van der Waals surface area contributed by atoms with Gasteiger partial charge in [-0.2, -0.15) is 0 Å². The van der Waals surface area contributed by atoms with Crippen LogP contribution in [-0.4, -0.2) is 46.3 Å². The number of aromatic hydroxyl groups is 1. The van der Waals surface area contributed by atoms with Gasteiger partial charge in [-0.1, -0.05) is 36.4 Å². The highest BCUT2D eigenvalue weighted by Gasteiger charge is 2.43. The fraction of sp³-hybridized carbons (Fsp3) is 0.231. The molecule has 1 aromatic heterocycles. The number of amides is 1. The zero-order chi connectivity index (χ0) is 25.0. The van der Waals surface area contributed by atoms with Gasteiger partial charge in [0.1, 0.15) is 31.1 Å². The smallest absolute Gasteiger partial charge is 0.278 e. The highest BCUT2D eigenvalue weighted by Crippen LogP contribution is 2.46. The molecule has 7 nitrogen and oxygen atoms in total. The Kier molecular flexibility index (Phi) is 5.48. The van der Waals surface area contributed by atoms with Crippen LogP contribution >= 0.6 is 11.8 Å². The van der Waals surface area contributed by atoms with Crippen molar-refractivity contribution in [3.8, 4) is 11.5 Å². The lowest BCUT2D eigenvalue weighted by Crippen LogP contribution is -2.59. The van der Waals surface area contributed by atoms with Crippen LogP contribution in [0.2, 0.25) is 0 Å². The van der Waals surface area contributed by atoms with Crippen molar-refractivity contribution in [1.82, 2.24) is 9.58 Å². The molecule has 3 aromatic rings. The van der Waals surface area contributed by atoms with Crippen LogP contribution in [0.1, 0.15) is 33.2 Å². The quantitative estimate of drug-likeness (QED) is 0.502. The fourth-order valence-electron chi connectivity index (χ4n) is 5.06. The molecule has 1 unspecified atom stereocenters. The van der Waals surface area contributed by atoms with E-state index in [-0.39, 0.29) is 19.0 Å². The number of hydrogen-bond acceptors (Lipinski definition) is 6. The summed E-state index contributed by atoms with van der Waals surface area (Å²) in [6, 6.07) is 12.6. The third-order valence-electron chi connectivity index (χ3n) is 6.70. The molecule has 0 radical (unpaired) electrons. The maximum absolute atomic E-state index is 14.3. The third kappa shape index (κ3) is 3.47. The molecule has 1 N–H and O–H groups in total. The topological polar surface area (TPSA) is 75.0 Å². The van der Waals surface area contributed by atoms with E-state index in [1.807, 2.05) is 42.5 Å². The molecule has 2 bridgehead atoms. The van der Waals surface area contributed by atoms with Gasteiger partial charge < -0.3 is 14.7 Å². The van der Waals surface area contributed by atoms with Gasteiger partial charge in [-0.3, -0.25) is 19.3 Å². The largest absolute Gasteiger partial charge is 0.502 e. The lowest BCUT2D eigenvalue weighted by atomic mass is 9.93. The molecule has 0 saturated heterocycles. The van der Waals surface area contributed by atoms with Crippen LogP contribution in [0, 0.1) is 0 Å². The van der Waals surface area contributed by atoms with Gasteiger partial charge in [0.2, 0.25) is 5.43 Å². The van der Waals surface area contributed by atoms with Gasteiger partial charge in [-0.05, 0) is 29.3 Å². The molecule has 2 atom stereocenters. The minimum atomic E-state index is -2.90. The lowest BCUT2D eigenvalue weighted by molar-refractivity contribution is 0.0277. The van der Waals surface area contributed by atoms with Crippen molar-refractivity contribution >= 4 is 17.7 Å². The summed E-state index contributed by atoms with van der Waals surface area (Å²) in [6.45, 7) is -0.163. The number of nitrogens with zero attached hydrogens (tertiary/aromatic N) is 3. The Morgan fingerprint density at radius 3 is 2.75 bits per heavy atom. The Labute approximate surface area is 209 Å². The van der Waals surface area contributed by atoms with E-state index in [0.717, 1.165) is 32.6 Å². The van der Waals surface area contributed by atoms with Crippen LogP contribution in [0.15, 0.2) is 76.6 Å². The standard InChI is InChI=1S/C26H21F2N3O4S/c27-25(28)17-7-4-12-35-19-8-3-5-15-13-36-20-9-2-1-6-16(20)22(21(15)19)31-14-29(17)26(34)23-24(33)18(32)10-11-30(23)31/h1-11,17,22,25,33H,12-14H2/b7-4+/t17?,22-/m1/s1. The second kappa shape index (κ2) is 8.70. The first kappa shape index (κ1) is 22.7. The number of hydrogen-bond donors (Lipinski definition) is 1. The van der Waals surface area contributed by atoms with Gasteiger partial charge in [0, 0.05) is 28.5 Å². The fourth-order valence-corrected chi connectivity index (χ4v) is 6.14. The van der Waals surface area contributed by atoms with E-state index in [2.05, 4.69) is 0 Å². The minimum absolute atomic E-state index is 0.0409. The van der Waals surface area contributed by atoms with Crippen molar-refractivity contribution in [2.75, 3.05) is 18.3 Å². The summed E-state index contributed by atoms with van der Waals surface area (Å²) < 4.78 is 36.0. The first-order valence-corrected chi connectivity index (χ1v) is 12.4. The summed E-state index contributed by atoms with van der Waals surface area (Å²) >= 11 is 1.65. The van der Waals surface area contributed by atoms with E-state index in [1.165, 1.54) is 23.0 Å². The molecule has 2 aromatic carbocycles. The molecule has 0 aliphatic carbocycles. The number of halogens is 2. The van der Waals surface area contributed by atoms with Crippen LogP contribution < -0.4 is 15.2 Å². The van der Waals surface area contributed by atoms with E-state index in [0.29, 0.717) is 11.5 Å². The highest BCUT2D eigenvalue weighted by atomic mass is 32.2. The Balaban J connectivity index is 1.69. The number of aromatic nitrogens is 1. The zero-order valence-electron chi connectivity index (χ0n) is 18.9. The van der Waals surface area contributed by atoms with Crippen molar-refractivity contribution in [1.29, 1.82) is 0 Å². The van der Waals surface area contributed by atoms with Gasteiger partial charge >= 0.3 is 0 Å². The van der Waals surface area contributed by atoms with Gasteiger partial charge in [0.05, 0.1) is 0 Å². The van der Waals surface area contributed by atoms with Crippen LogP contribution in [0.4, 0.5) is 8.78 Å². The number of carbonyl (C=O) groups is 1. The molecule has 10 heteroatoms. The van der Waals surface area contributed by atoms with Gasteiger partial charge in [-0.15, -0.1) is 11.8 Å². The number of carbonyl (C=O) groups excluding carboxylic acids is 1. The third-order valence-corrected chi connectivity index (χ3v) is 7.84. The molecule has 1 amide bonds. The maximum Gasteiger partial charge on any atom is 0.278 e. The molecule has 3 aliphatic rings. The first-order chi connectivity index (χ1) is 17.5. The SMILES string of the molecule is O=C1c2c(O)c(=O)ccn2N2CN1C(C(F)F)/C=C/COc1cccc3c1[C@H]2c1ccccc1SC3. The molecular formula is C26H21F2N3O4S. The molecule has 36 heavy (non-hydrogen) atoms. The predicted molar refractivity (Wildman–Crippen MR) is 130 cm³/mol. The molecule has 0 fully saturated rings. The average molecular weight is 510 g/mol. The Morgan fingerprint density at radius 1 is 1.08 bits per heavy atom.